The fourth-order valence-electron chi connectivity index (χ4n) is 2.96. The van der Waals surface area contributed by atoms with Crippen molar-refractivity contribution < 1.29 is 20.3 Å². The van der Waals surface area contributed by atoms with E-state index in [0.717, 1.165) is 0 Å². The summed E-state index contributed by atoms with van der Waals surface area (Å²) in [6, 6.07) is 0. The van der Waals surface area contributed by atoms with Crippen molar-refractivity contribution in [1.29, 1.82) is 0 Å². The van der Waals surface area contributed by atoms with E-state index >= 15 is 0 Å². The molecule has 0 rings (SSSR count). The van der Waals surface area contributed by atoms with Crippen LogP contribution in [0.5, 0.6) is 0 Å². The molecule has 0 spiro atoms. The molecule has 0 saturated carbocycles. The molecule has 104 valence electrons. The molecule has 0 aromatic heterocycles. The van der Waals surface area contributed by atoms with Crippen molar-refractivity contribution in [3.63, 3.8) is 0 Å². The van der Waals surface area contributed by atoms with Crippen molar-refractivity contribution in [2.24, 2.45) is 0 Å². The molecule has 0 heterocycles. The van der Waals surface area contributed by atoms with Gasteiger partial charge < -0.3 is 0 Å². The van der Waals surface area contributed by atoms with Crippen LogP contribution < -0.4 is 0 Å². The summed E-state index contributed by atoms with van der Waals surface area (Å²) in [6.45, 7) is 9.48. The second-order valence-electron chi connectivity index (χ2n) is 5.91. The minimum absolute atomic E-state index is 1.42. The third-order valence-electron chi connectivity index (χ3n) is 4.24. The van der Waals surface area contributed by atoms with Gasteiger partial charge in [-0.1, -0.05) is 0 Å². The van der Waals surface area contributed by atoms with Crippen LogP contribution in [-0.4, -0.2) is 0 Å². The molecule has 0 aliphatic heterocycles. The van der Waals surface area contributed by atoms with Crippen LogP contribution in [0.2, 0.25) is 16.5 Å². The molecular formula is C16H36Zr. The molecule has 0 aliphatic carbocycles. The molecule has 0 aromatic rings. The summed E-state index contributed by atoms with van der Waals surface area (Å²) in [5.74, 6) is 0. The van der Waals surface area contributed by atoms with Gasteiger partial charge >= 0.3 is 116 Å². The van der Waals surface area contributed by atoms with Crippen molar-refractivity contribution in [2.45, 2.75) is 95.6 Å². The van der Waals surface area contributed by atoms with E-state index in [1.807, 2.05) is 0 Å². The first-order valence-electron chi connectivity index (χ1n) is 8.24. The average Bonchev–Trinajstić information content (AvgIpc) is 2.37. The van der Waals surface area contributed by atoms with Crippen LogP contribution in [0.1, 0.15) is 79.1 Å². The molecule has 0 amide bonds. The van der Waals surface area contributed by atoms with E-state index in [1.54, 1.807) is 16.5 Å². The molecule has 0 fully saturated rings. The number of unbranched alkanes of at least 4 members (excludes halogenated alkanes) is 4. The Bertz CT molecular complexity index is 116. The van der Waals surface area contributed by atoms with E-state index in [9.17, 15) is 0 Å². The predicted octanol–water partition coefficient (Wildman–Crippen LogP) is 7.01. The van der Waals surface area contributed by atoms with Gasteiger partial charge in [0, 0.05) is 0 Å². The molecular weight excluding hydrogens is 283 g/mol. The Labute approximate surface area is 115 Å². The third-order valence-corrected chi connectivity index (χ3v) is 18.1. The van der Waals surface area contributed by atoms with E-state index in [0.29, 0.717) is 0 Å². The van der Waals surface area contributed by atoms with Gasteiger partial charge in [0.2, 0.25) is 0 Å². The molecule has 0 aliphatic rings. The van der Waals surface area contributed by atoms with Gasteiger partial charge in [0.25, 0.3) is 0 Å². The third kappa shape index (κ3) is 8.58. The molecule has 1 heteroatoms. The van der Waals surface area contributed by atoms with Crippen LogP contribution >= 0.6 is 0 Å². The topological polar surface area (TPSA) is 0 Å². The SMILES string of the molecule is CCC[CH2][Zr]([CH2]CCC)([CH2]CCC)[CH2]CCC. The van der Waals surface area contributed by atoms with Crippen molar-refractivity contribution in [1.82, 2.24) is 0 Å². The maximum atomic E-state index is 2.37. The van der Waals surface area contributed by atoms with E-state index in [-0.39, 0.29) is 0 Å². The number of rotatable bonds is 12. The van der Waals surface area contributed by atoms with Gasteiger partial charge in [-0.05, 0) is 0 Å². The Morgan fingerprint density at radius 3 is 0.882 bits per heavy atom. The Balaban J connectivity index is 4.39. The average molecular weight is 320 g/mol. The zero-order valence-corrected chi connectivity index (χ0v) is 15.4. The van der Waals surface area contributed by atoms with Gasteiger partial charge in [0.1, 0.15) is 0 Å². The van der Waals surface area contributed by atoms with Crippen LogP contribution in [0.4, 0.5) is 0 Å². The van der Waals surface area contributed by atoms with E-state index < -0.39 is 20.3 Å². The standard InChI is InChI=1S/4C4H9.Zr/c4*1-3-4-2;/h4*1,3-4H2,2H3;. The number of hydrogen-bond acceptors (Lipinski definition) is 0. The summed E-state index contributed by atoms with van der Waals surface area (Å²) >= 11 is -1.69. The van der Waals surface area contributed by atoms with E-state index in [4.69, 9.17) is 0 Å². The Kier molecular flexibility index (Phi) is 12.6. The molecule has 0 unspecified atom stereocenters. The van der Waals surface area contributed by atoms with Gasteiger partial charge in [-0.15, -0.1) is 0 Å². The van der Waals surface area contributed by atoms with E-state index in [2.05, 4.69) is 27.7 Å². The first-order chi connectivity index (χ1) is 8.24. The van der Waals surface area contributed by atoms with Crippen LogP contribution in [0.3, 0.4) is 0 Å². The van der Waals surface area contributed by atoms with Crippen molar-refractivity contribution in [3.8, 4) is 0 Å². The zero-order chi connectivity index (χ0) is 13.0. The van der Waals surface area contributed by atoms with E-state index in [1.165, 1.54) is 51.4 Å². The Hall–Kier alpha value is 0.883. The molecule has 0 aromatic carbocycles. The molecule has 0 N–H and O–H groups in total. The van der Waals surface area contributed by atoms with Crippen molar-refractivity contribution in [2.75, 3.05) is 0 Å². The van der Waals surface area contributed by atoms with Gasteiger partial charge in [-0.3, -0.25) is 0 Å². The zero-order valence-electron chi connectivity index (χ0n) is 13.0. The molecule has 0 atom stereocenters. The van der Waals surface area contributed by atoms with Gasteiger partial charge in [-0.25, -0.2) is 0 Å². The van der Waals surface area contributed by atoms with Crippen molar-refractivity contribution >= 4 is 0 Å². The normalized spacial score (nSPS) is 12.0. The Morgan fingerprint density at radius 1 is 0.471 bits per heavy atom. The fourth-order valence-corrected chi connectivity index (χ4v) is 17.5. The van der Waals surface area contributed by atoms with Crippen LogP contribution in [0.25, 0.3) is 0 Å². The summed E-state index contributed by atoms with van der Waals surface area (Å²) in [5, 5.41) is 0. The fraction of sp³-hybridized carbons (Fsp3) is 1.00. The number of hydrogen-bond donors (Lipinski definition) is 0. The first-order valence-corrected chi connectivity index (χ1v) is 15.2. The first kappa shape index (κ1) is 17.9. The predicted molar refractivity (Wildman–Crippen MR) is 78.9 cm³/mol. The summed E-state index contributed by atoms with van der Waals surface area (Å²) < 4.78 is 6.80. The van der Waals surface area contributed by atoms with Gasteiger partial charge in [0.15, 0.2) is 0 Å². The quantitative estimate of drug-likeness (QED) is 0.363. The summed E-state index contributed by atoms with van der Waals surface area (Å²) in [5.41, 5.74) is 0. The van der Waals surface area contributed by atoms with Crippen molar-refractivity contribution in [3.05, 3.63) is 0 Å². The van der Waals surface area contributed by atoms with Crippen LogP contribution in [-0.2, 0) is 20.3 Å². The van der Waals surface area contributed by atoms with Crippen LogP contribution in [0, 0.1) is 0 Å². The monoisotopic (exact) mass is 318 g/mol. The van der Waals surface area contributed by atoms with Gasteiger partial charge in [0.05, 0.1) is 0 Å². The summed E-state index contributed by atoms with van der Waals surface area (Å²) in [7, 11) is 0. The summed E-state index contributed by atoms with van der Waals surface area (Å²) in [4.78, 5) is 0. The van der Waals surface area contributed by atoms with Crippen LogP contribution in [0.15, 0.2) is 0 Å². The molecule has 0 saturated heterocycles. The second kappa shape index (κ2) is 11.9. The minimum atomic E-state index is -1.69. The molecule has 0 bridgehead atoms. The van der Waals surface area contributed by atoms with Gasteiger partial charge in [-0.2, -0.15) is 0 Å². The maximum absolute atomic E-state index is 2.37. The second-order valence-corrected chi connectivity index (χ2v) is 18.2. The molecule has 0 radical (unpaired) electrons. The summed E-state index contributed by atoms with van der Waals surface area (Å²) in [6.07, 6.45) is 11.8. The molecule has 17 heavy (non-hydrogen) atoms. The Morgan fingerprint density at radius 2 is 0.706 bits per heavy atom. The molecule has 0 nitrogen and oxygen atoms in total.